The van der Waals surface area contributed by atoms with E-state index >= 15 is 0 Å². The zero-order valence-electron chi connectivity index (χ0n) is 11.3. The van der Waals surface area contributed by atoms with E-state index in [2.05, 4.69) is 5.32 Å². The smallest absolute Gasteiger partial charge is 0.237 e. The van der Waals surface area contributed by atoms with Crippen LogP contribution in [0.1, 0.15) is 26.2 Å². The fourth-order valence-electron chi connectivity index (χ4n) is 1.92. The van der Waals surface area contributed by atoms with Crippen molar-refractivity contribution in [1.29, 1.82) is 0 Å². The Labute approximate surface area is 116 Å². The first-order valence-electron chi connectivity index (χ1n) is 6.57. The van der Waals surface area contributed by atoms with E-state index in [4.69, 9.17) is 10.5 Å². The van der Waals surface area contributed by atoms with Crippen LogP contribution < -0.4 is 15.8 Å². The van der Waals surface area contributed by atoms with Gasteiger partial charge in [-0.1, -0.05) is 6.07 Å². The maximum Gasteiger partial charge on any atom is 0.237 e. The third-order valence-corrected chi connectivity index (χ3v) is 3.41. The number of amides is 1. The van der Waals surface area contributed by atoms with E-state index in [0.29, 0.717) is 0 Å². The first-order chi connectivity index (χ1) is 9.42. The molecule has 1 aromatic carbocycles. The summed E-state index contributed by atoms with van der Waals surface area (Å²) in [7, 11) is 0. The molecule has 0 spiro atoms. The van der Waals surface area contributed by atoms with Crippen molar-refractivity contribution < 1.29 is 18.3 Å². The minimum Gasteiger partial charge on any atom is -0.488 e. The average molecular weight is 284 g/mol. The Morgan fingerprint density at radius 2 is 2.05 bits per heavy atom. The molecular weight excluding hydrogens is 266 g/mol. The van der Waals surface area contributed by atoms with Gasteiger partial charge in [0.2, 0.25) is 5.91 Å². The van der Waals surface area contributed by atoms with Crippen LogP contribution in [-0.4, -0.2) is 24.1 Å². The Balaban J connectivity index is 1.94. The van der Waals surface area contributed by atoms with Gasteiger partial charge < -0.3 is 15.8 Å². The SMILES string of the molecule is CC(CCOc1c(F)cccc1F)(NC1CC1)C(N)=O. The summed E-state index contributed by atoms with van der Waals surface area (Å²) in [6, 6.07) is 3.79. The van der Waals surface area contributed by atoms with E-state index in [0.717, 1.165) is 25.0 Å². The number of carbonyl (C=O) groups excluding carboxylic acids is 1. The Kier molecular flexibility index (Phi) is 4.23. The lowest BCUT2D eigenvalue weighted by atomic mass is 9.97. The molecule has 0 radical (unpaired) electrons. The number of primary amides is 1. The zero-order chi connectivity index (χ0) is 14.8. The Morgan fingerprint density at radius 3 is 2.55 bits per heavy atom. The van der Waals surface area contributed by atoms with Crippen LogP contribution in [0.4, 0.5) is 8.78 Å². The van der Waals surface area contributed by atoms with E-state index < -0.39 is 28.8 Å². The molecule has 0 aliphatic heterocycles. The molecule has 1 amide bonds. The predicted molar refractivity (Wildman–Crippen MR) is 70.2 cm³/mol. The van der Waals surface area contributed by atoms with Crippen LogP contribution in [0.15, 0.2) is 18.2 Å². The van der Waals surface area contributed by atoms with Gasteiger partial charge in [-0.2, -0.15) is 0 Å². The van der Waals surface area contributed by atoms with Crippen molar-refractivity contribution in [2.45, 2.75) is 37.8 Å². The zero-order valence-corrected chi connectivity index (χ0v) is 11.3. The Morgan fingerprint density at radius 1 is 1.45 bits per heavy atom. The van der Waals surface area contributed by atoms with Crippen molar-refractivity contribution >= 4 is 5.91 Å². The van der Waals surface area contributed by atoms with Crippen molar-refractivity contribution in [3.8, 4) is 5.75 Å². The largest absolute Gasteiger partial charge is 0.488 e. The summed E-state index contributed by atoms with van der Waals surface area (Å²) in [5, 5.41) is 3.14. The standard InChI is InChI=1S/C14H18F2N2O2/c1-14(13(17)19,18-9-5-6-9)7-8-20-12-10(15)3-2-4-11(12)16/h2-4,9,18H,5-8H2,1H3,(H2,17,19). The van der Waals surface area contributed by atoms with E-state index in [9.17, 15) is 13.6 Å². The molecule has 110 valence electrons. The van der Waals surface area contributed by atoms with Crippen LogP contribution in [0.2, 0.25) is 0 Å². The summed E-state index contributed by atoms with van der Waals surface area (Å²) >= 11 is 0. The molecule has 1 aliphatic rings. The van der Waals surface area contributed by atoms with Crippen molar-refractivity contribution in [3.63, 3.8) is 0 Å². The molecular formula is C14H18F2N2O2. The van der Waals surface area contributed by atoms with Gasteiger partial charge in [-0.25, -0.2) is 8.78 Å². The minimum absolute atomic E-state index is 0.00296. The van der Waals surface area contributed by atoms with Crippen LogP contribution in [0.5, 0.6) is 5.75 Å². The lowest BCUT2D eigenvalue weighted by Crippen LogP contribution is -2.54. The molecule has 4 nitrogen and oxygen atoms in total. The van der Waals surface area contributed by atoms with Crippen LogP contribution >= 0.6 is 0 Å². The molecule has 0 bridgehead atoms. The fourth-order valence-corrected chi connectivity index (χ4v) is 1.92. The van der Waals surface area contributed by atoms with Gasteiger partial charge in [0.15, 0.2) is 17.4 Å². The van der Waals surface area contributed by atoms with Crippen LogP contribution in [0.25, 0.3) is 0 Å². The average Bonchev–Trinajstić information content (AvgIpc) is 3.16. The summed E-state index contributed by atoms with van der Waals surface area (Å²) < 4.78 is 31.9. The minimum atomic E-state index is -0.928. The van der Waals surface area contributed by atoms with Gasteiger partial charge in [-0.15, -0.1) is 0 Å². The van der Waals surface area contributed by atoms with Gasteiger partial charge in [-0.05, 0) is 31.9 Å². The summed E-state index contributed by atoms with van der Waals surface area (Å²) in [6.45, 7) is 1.67. The highest BCUT2D eigenvalue weighted by Gasteiger charge is 2.36. The predicted octanol–water partition coefficient (Wildman–Crippen LogP) is 1.73. The summed E-state index contributed by atoms with van der Waals surface area (Å²) in [5.74, 6) is -2.45. The number of nitrogens with two attached hydrogens (primary N) is 1. The molecule has 1 atom stereocenters. The normalized spacial score (nSPS) is 17.6. The van der Waals surface area contributed by atoms with Crippen LogP contribution in [0, 0.1) is 11.6 Å². The molecule has 1 aromatic rings. The van der Waals surface area contributed by atoms with Gasteiger partial charge in [0.1, 0.15) is 0 Å². The number of benzene rings is 1. The van der Waals surface area contributed by atoms with Crippen LogP contribution in [0.3, 0.4) is 0 Å². The quantitative estimate of drug-likeness (QED) is 0.801. The molecule has 1 saturated carbocycles. The number of hydrogen-bond acceptors (Lipinski definition) is 3. The van der Waals surface area contributed by atoms with Crippen LogP contribution in [-0.2, 0) is 4.79 Å². The number of nitrogens with one attached hydrogen (secondary N) is 1. The number of para-hydroxylation sites is 1. The first-order valence-corrected chi connectivity index (χ1v) is 6.57. The Bertz CT molecular complexity index is 486. The summed E-state index contributed by atoms with van der Waals surface area (Å²) in [4.78, 5) is 11.5. The number of halogens is 2. The number of hydrogen-bond donors (Lipinski definition) is 2. The van der Waals surface area contributed by atoms with E-state index in [1.165, 1.54) is 6.07 Å². The van der Waals surface area contributed by atoms with E-state index in [1.807, 2.05) is 0 Å². The van der Waals surface area contributed by atoms with E-state index in [-0.39, 0.29) is 19.1 Å². The molecule has 6 heteroatoms. The van der Waals surface area contributed by atoms with Gasteiger partial charge in [0.25, 0.3) is 0 Å². The summed E-state index contributed by atoms with van der Waals surface area (Å²) in [6.07, 6.45) is 2.25. The second-order valence-corrected chi connectivity index (χ2v) is 5.26. The van der Waals surface area contributed by atoms with Crippen molar-refractivity contribution in [2.24, 2.45) is 5.73 Å². The van der Waals surface area contributed by atoms with E-state index in [1.54, 1.807) is 6.92 Å². The van der Waals surface area contributed by atoms with Gasteiger partial charge in [-0.3, -0.25) is 4.79 Å². The molecule has 2 rings (SSSR count). The first kappa shape index (κ1) is 14.7. The number of ether oxygens (including phenoxy) is 1. The maximum atomic E-state index is 13.4. The molecule has 3 N–H and O–H groups in total. The van der Waals surface area contributed by atoms with Gasteiger partial charge in [0, 0.05) is 12.5 Å². The highest BCUT2D eigenvalue weighted by atomic mass is 19.1. The number of rotatable bonds is 7. The molecule has 1 fully saturated rings. The van der Waals surface area contributed by atoms with Crippen molar-refractivity contribution in [3.05, 3.63) is 29.8 Å². The fraction of sp³-hybridized carbons (Fsp3) is 0.500. The van der Waals surface area contributed by atoms with Gasteiger partial charge >= 0.3 is 0 Å². The molecule has 0 heterocycles. The van der Waals surface area contributed by atoms with Crippen molar-refractivity contribution in [1.82, 2.24) is 5.32 Å². The second-order valence-electron chi connectivity index (χ2n) is 5.26. The monoisotopic (exact) mass is 284 g/mol. The highest BCUT2D eigenvalue weighted by Crippen LogP contribution is 2.25. The molecule has 20 heavy (non-hydrogen) atoms. The highest BCUT2D eigenvalue weighted by molar-refractivity contribution is 5.84. The Hall–Kier alpha value is -1.69. The van der Waals surface area contributed by atoms with Crippen molar-refractivity contribution in [2.75, 3.05) is 6.61 Å². The lowest BCUT2D eigenvalue weighted by molar-refractivity contribution is -0.124. The third kappa shape index (κ3) is 3.45. The second kappa shape index (κ2) is 5.75. The molecule has 1 aliphatic carbocycles. The molecule has 0 saturated heterocycles. The maximum absolute atomic E-state index is 13.4. The summed E-state index contributed by atoms with van der Waals surface area (Å²) in [5.41, 5.74) is 4.45. The lowest BCUT2D eigenvalue weighted by Gasteiger charge is -2.27. The number of carbonyl (C=O) groups is 1. The topological polar surface area (TPSA) is 64.3 Å². The molecule has 0 aromatic heterocycles. The van der Waals surface area contributed by atoms with Gasteiger partial charge in [0.05, 0.1) is 12.1 Å². The third-order valence-electron chi connectivity index (χ3n) is 3.41. The molecule has 1 unspecified atom stereocenters.